The van der Waals surface area contributed by atoms with Gasteiger partial charge < -0.3 is 14.1 Å². The monoisotopic (exact) mass is 558 g/mol. The van der Waals surface area contributed by atoms with Crippen molar-refractivity contribution in [3.8, 4) is 17.2 Å². The fourth-order valence-corrected chi connectivity index (χ4v) is 4.24. The van der Waals surface area contributed by atoms with E-state index >= 15 is 0 Å². The molecule has 4 aromatic rings. The highest BCUT2D eigenvalue weighted by Gasteiger charge is 2.29. The molecule has 13 heteroatoms. The van der Waals surface area contributed by atoms with Gasteiger partial charge in [-0.3, -0.25) is 9.54 Å². The molecule has 0 radical (unpaired) electrons. The third-order valence-electron chi connectivity index (χ3n) is 5.86. The minimum absolute atomic E-state index is 0.00548. The van der Waals surface area contributed by atoms with Gasteiger partial charge >= 0.3 is 6.09 Å². The average Bonchev–Trinajstić information content (AvgIpc) is 3.39. The van der Waals surface area contributed by atoms with Crippen LogP contribution in [0.5, 0.6) is 5.75 Å². The Morgan fingerprint density at radius 1 is 1.08 bits per heavy atom. The van der Waals surface area contributed by atoms with Crippen molar-refractivity contribution in [3.05, 3.63) is 90.1 Å². The number of aryl methyl sites for hydroxylation is 1. The Balaban J connectivity index is 0.000000270. The van der Waals surface area contributed by atoms with Gasteiger partial charge in [-0.25, -0.2) is 13.6 Å². The third kappa shape index (κ3) is 7.42. The summed E-state index contributed by atoms with van der Waals surface area (Å²) in [4.78, 5) is 17.7. The zero-order valence-corrected chi connectivity index (χ0v) is 21.5. The predicted octanol–water partition coefficient (Wildman–Crippen LogP) is 5.03. The normalized spacial score (nSPS) is 13.9. The lowest BCUT2D eigenvalue weighted by molar-refractivity contribution is 0.136. The number of hydrogen-bond acceptors (Lipinski definition) is 8. The quantitative estimate of drug-likeness (QED) is 0.342. The lowest BCUT2D eigenvalue weighted by atomic mass is 9.97. The molecule has 0 spiro atoms. The molecule has 0 atom stereocenters. The summed E-state index contributed by atoms with van der Waals surface area (Å²) in [6, 6.07) is 12.5. The van der Waals surface area contributed by atoms with Crippen molar-refractivity contribution in [2.75, 3.05) is 13.1 Å². The molecule has 2 aromatic carbocycles. The molecule has 39 heavy (non-hydrogen) atoms. The van der Waals surface area contributed by atoms with Gasteiger partial charge in [-0.05, 0) is 56.2 Å². The van der Waals surface area contributed by atoms with Crippen LogP contribution in [0.4, 0.5) is 13.6 Å². The molecule has 0 aliphatic carbocycles. The molecule has 1 fully saturated rings. The minimum atomic E-state index is -4.02. The number of amides is 1. The van der Waals surface area contributed by atoms with E-state index < -0.39 is 27.8 Å². The van der Waals surface area contributed by atoms with Crippen molar-refractivity contribution < 1.29 is 35.7 Å². The first-order valence-corrected chi connectivity index (χ1v) is 13.2. The Hall–Kier alpha value is -4.23. The van der Waals surface area contributed by atoms with Crippen LogP contribution in [0.1, 0.15) is 30.2 Å². The zero-order valence-electron chi connectivity index (χ0n) is 20.7. The number of likely N-dealkylation sites (tertiary alicyclic amines) is 1. The van der Waals surface area contributed by atoms with Crippen LogP contribution in [0.2, 0.25) is 0 Å². The van der Waals surface area contributed by atoms with Gasteiger partial charge in [-0.1, -0.05) is 17.7 Å². The van der Waals surface area contributed by atoms with Gasteiger partial charge in [0.15, 0.2) is 5.75 Å². The molecule has 1 aliphatic rings. The Morgan fingerprint density at radius 2 is 1.79 bits per heavy atom. The van der Waals surface area contributed by atoms with Crippen molar-refractivity contribution in [1.82, 2.24) is 20.1 Å². The molecule has 1 aliphatic heterocycles. The number of benzene rings is 2. The van der Waals surface area contributed by atoms with Gasteiger partial charge in [0.1, 0.15) is 11.6 Å². The highest BCUT2D eigenvalue weighted by Crippen LogP contribution is 2.30. The molecular formula is C26H24F2N4O6S. The molecule has 1 amide bonds. The van der Waals surface area contributed by atoms with Crippen LogP contribution in [-0.2, 0) is 10.1 Å². The van der Waals surface area contributed by atoms with Gasteiger partial charge in [-0.2, -0.15) is 8.42 Å². The molecule has 1 saturated heterocycles. The van der Waals surface area contributed by atoms with E-state index in [9.17, 15) is 22.0 Å². The SMILES string of the molecule is Cc1ccc(S(=O)(=O)O)cc1.O=C(Oc1cccnc1)N1CCC(c2nnc(-c3ccc(F)cc3F)o2)CC1. The number of piperidine rings is 1. The molecule has 1 N–H and O–H groups in total. The molecule has 0 bridgehead atoms. The van der Waals surface area contributed by atoms with E-state index in [1.165, 1.54) is 24.4 Å². The summed E-state index contributed by atoms with van der Waals surface area (Å²) >= 11 is 0. The number of hydrogen-bond donors (Lipinski definition) is 1. The number of carbonyl (C=O) groups is 1. The minimum Gasteiger partial charge on any atom is -0.420 e. The Kier molecular flexibility index (Phi) is 8.62. The van der Waals surface area contributed by atoms with E-state index in [0.29, 0.717) is 37.6 Å². The summed E-state index contributed by atoms with van der Waals surface area (Å²) < 4.78 is 67.3. The largest absolute Gasteiger partial charge is 0.420 e. The van der Waals surface area contributed by atoms with Crippen LogP contribution in [0.3, 0.4) is 0 Å². The van der Waals surface area contributed by atoms with Gasteiger partial charge in [0.05, 0.1) is 16.7 Å². The number of nitrogens with zero attached hydrogens (tertiary/aromatic N) is 4. The summed E-state index contributed by atoms with van der Waals surface area (Å²) in [7, 11) is -4.02. The van der Waals surface area contributed by atoms with Gasteiger partial charge in [0, 0.05) is 31.3 Å². The fraction of sp³-hybridized carbons (Fsp3) is 0.231. The standard InChI is InChI=1S/C19H16F2N4O3.C7H8O3S/c20-13-3-4-15(16(21)10-13)18-24-23-17(28-18)12-5-8-25(9-6-12)19(26)27-14-2-1-7-22-11-14;1-6-2-4-7(5-3-6)11(8,9)10/h1-4,7,10-12H,5-6,8-9H2;2-5H,1H3,(H,8,9,10). The van der Waals surface area contributed by atoms with Crippen LogP contribution >= 0.6 is 0 Å². The Bertz CT molecular complexity index is 1520. The van der Waals surface area contributed by atoms with Crippen LogP contribution in [0.25, 0.3) is 11.5 Å². The van der Waals surface area contributed by atoms with E-state index in [0.717, 1.165) is 17.7 Å². The highest BCUT2D eigenvalue weighted by atomic mass is 32.2. The van der Waals surface area contributed by atoms with Crippen molar-refractivity contribution in [3.63, 3.8) is 0 Å². The lowest BCUT2D eigenvalue weighted by Crippen LogP contribution is -2.39. The second-order valence-corrected chi connectivity index (χ2v) is 10.1. The number of pyridine rings is 1. The molecule has 204 valence electrons. The maximum atomic E-state index is 13.9. The van der Waals surface area contributed by atoms with Gasteiger partial charge in [0.2, 0.25) is 5.89 Å². The van der Waals surface area contributed by atoms with Gasteiger partial charge in [0.25, 0.3) is 16.0 Å². The Labute approximate surface area is 223 Å². The number of rotatable bonds is 4. The Morgan fingerprint density at radius 3 is 2.41 bits per heavy atom. The van der Waals surface area contributed by atoms with Crippen LogP contribution < -0.4 is 4.74 Å². The highest BCUT2D eigenvalue weighted by molar-refractivity contribution is 7.85. The van der Waals surface area contributed by atoms with Gasteiger partial charge in [-0.15, -0.1) is 10.2 Å². The smallest absolute Gasteiger partial charge is 0.415 e. The lowest BCUT2D eigenvalue weighted by Gasteiger charge is -2.29. The predicted molar refractivity (Wildman–Crippen MR) is 134 cm³/mol. The first kappa shape index (κ1) is 27.8. The number of aromatic nitrogens is 3. The van der Waals surface area contributed by atoms with E-state index in [1.54, 1.807) is 35.4 Å². The topological polar surface area (TPSA) is 136 Å². The molecule has 2 aromatic heterocycles. The zero-order chi connectivity index (χ0) is 28.0. The van der Waals surface area contributed by atoms with Crippen molar-refractivity contribution in [1.29, 1.82) is 0 Å². The first-order valence-electron chi connectivity index (χ1n) is 11.8. The van der Waals surface area contributed by atoms with Crippen LogP contribution in [0.15, 0.2) is 76.3 Å². The molecule has 10 nitrogen and oxygen atoms in total. The summed E-state index contributed by atoms with van der Waals surface area (Å²) in [5, 5.41) is 7.87. The van der Waals surface area contributed by atoms with E-state index in [1.807, 2.05) is 6.92 Å². The molecular weight excluding hydrogens is 534 g/mol. The van der Waals surface area contributed by atoms with Crippen molar-refractivity contribution >= 4 is 16.2 Å². The summed E-state index contributed by atoms with van der Waals surface area (Å²) in [6.07, 6.45) is 3.84. The maximum Gasteiger partial charge on any atom is 0.415 e. The summed E-state index contributed by atoms with van der Waals surface area (Å²) in [5.41, 5.74) is 1.01. The molecule has 5 rings (SSSR count). The number of ether oxygens (including phenoxy) is 1. The summed E-state index contributed by atoms with van der Waals surface area (Å²) in [5.74, 6) is -0.718. The second-order valence-electron chi connectivity index (χ2n) is 8.68. The fourth-order valence-electron chi connectivity index (χ4n) is 3.76. The van der Waals surface area contributed by atoms with Crippen molar-refractivity contribution in [2.45, 2.75) is 30.6 Å². The maximum absolute atomic E-state index is 13.9. The van der Waals surface area contributed by atoms with Crippen LogP contribution in [0, 0.1) is 18.6 Å². The van der Waals surface area contributed by atoms with E-state index in [-0.39, 0.29) is 22.3 Å². The van der Waals surface area contributed by atoms with Crippen LogP contribution in [-0.4, -0.2) is 52.2 Å². The third-order valence-corrected chi connectivity index (χ3v) is 6.73. The second kappa shape index (κ2) is 12.1. The first-order chi connectivity index (χ1) is 18.6. The molecule has 3 heterocycles. The van der Waals surface area contributed by atoms with E-state index in [2.05, 4.69) is 15.2 Å². The van der Waals surface area contributed by atoms with Crippen molar-refractivity contribution in [2.24, 2.45) is 0 Å². The van der Waals surface area contributed by atoms with E-state index in [4.69, 9.17) is 13.7 Å². The molecule has 0 saturated carbocycles. The number of halogens is 2. The number of carbonyl (C=O) groups excluding carboxylic acids is 1. The summed E-state index contributed by atoms with van der Waals surface area (Å²) in [6.45, 7) is 2.77. The molecule has 0 unspecified atom stereocenters. The average molecular weight is 559 g/mol.